The van der Waals surface area contributed by atoms with E-state index in [9.17, 15) is 9.59 Å². The van der Waals surface area contributed by atoms with Gasteiger partial charge in [0, 0.05) is 31.6 Å². The smallest absolute Gasteiger partial charge is 0.303 e. The Morgan fingerprint density at radius 2 is 1.23 bits per heavy atom. The van der Waals surface area contributed by atoms with Gasteiger partial charge in [0.25, 0.3) is 0 Å². The first-order valence-electron chi connectivity index (χ1n) is 18.1. The molecule has 0 bridgehead atoms. The first kappa shape index (κ1) is 37.0. The van der Waals surface area contributed by atoms with Gasteiger partial charge >= 0.3 is 5.97 Å². The third-order valence-corrected chi connectivity index (χ3v) is 9.43. The second-order valence-electron chi connectivity index (χ2n) is 13.0. The average Bonchev–Trinajstić information content (AvgIpc) is 3.53. The topological polar surface area (TPSA) is 88.5 Å². The number of rotatable bonds is 16. The summed E-state index contributed by atoms with van der Waals surface area (Å²) < 4.78 is 34.9. The minimum Gasteiger partial charge on any atom is -0.455 e. The molecule has 9 nitrogen and oxygen atoms in total. The number of hydrogen-bond acceptors (Lipinski definition) is 7. The van der Waals surface area contributed by atoms with E-state index in [1.807, 2.05) is 145 Å². The summed E-state index contributed by atoms with van der Waals surface area (Å²) in [6.45, 7) is 7.73. The molecule has 0 saturated carbocycles. The Balaban J connectivity index is 1.41. The molecule has 0 N–H and O–H groups in total. The summed E-state index contributed by atoms with van der Waals surface area (Å²) in [6.07, 6.45) is -1.60. The maximum atomic E-state index is 13.4. The molecule has 6 rings (SSSR count). The number of nitrogens with zero attached hydrogens (tertiary/aromatic N) is 2. The second-order valence-corrected chi connectivity index (χ2v) is 13.0. The monoisotopic (exact) mass is 704 g/mol. The molecule has 1 amide bonds. The van der Waals surface area contributed by atoms with Crippen molar-refractivity contribution in [3.8, 4) is 0 Å². The fourth-order valence-corrected chi connectivity index (χ4v) is 6.84. The number of esters is 1. The van der Waals surface area contributed by atoms with Crippen molar-refractivity contribution in [2.45, 2.75) is 77.7 Å². The molecule has 1 fully saturated rings. The van der Waals surface area contributed by atoms with E-state index in [-0.39, 0.29) is 32.1 Å². The van der Waals surface area contributed by atoms with Crippen LogP contribution in [-0.2, 0) is 59.5 Å². The molecule has 4 aromatic carbocycles. The van der Waals surface area contributed by atoms with Crippen LogP contribution in [0.1, 0.15) is 49.3 Å². The number of benzene rings is 4. The van der Waals surface area contributed by atoms with Crippen LogP contribution >= 0.6 is 0 Å². The van der Waals surface area contributed by atoms with Gasteiger partial charge in [-0.15, -0.1) is 0 Å². The van der Waals surface area contributed by atoms with E-state index in [1.165, 1.54) is 6.92 Å². The van der Waals surface area contributed by atoms with Crippen LogP contribution in [0.3, 0.4) is 0 Å². The zero-order valence-electron chi connectivity index (χ0n) is 30.1. The molecule has 1 aliphatic heterocycles. The first-order valence-corrected chi connectivity index (χ1v) is 18.1. The van der Waals surface area contributed by atoms with Crippen molar-refractivity contribution in [1.29, 1.82) is 0 Å². The highest BCUT2D eigenvalue weighted by atomic mass is 16.6. The van der Waals surface area contributed by atoms with E-state index < -0.39 is 36.6 Å². The van der Waals surface area contributed by atoms with Crippen molar-refractivity contribution in [3.05, 3.63) is 144 Å². The Kier molecular flexibility index (Phi) is 12.9. The second kappa shape index (κ2) is 18.1. The van der Waals surface area contributed by atoms with Crippen molar-refractivity contribution in [1.82, 2.24) is 9.47 Å². The number of fused-ring (bicyclic) bond motifs is 1. The fourth-order valence-electron chi connectivity index (χ4n) is 6.84. The Bertz CT molecular complexity index is 1860. The number of carbonyl (C=O) groups excluding carboxylic acids is 2. The Morgan fingerprint density at radius 3 is 1.81 bits per heavy atom. The summed E-state index contributed by atoms with van der Waals surface area (Å²) in [7, 11) is 0. The third-order valence-electron chi connectivity index (χ3n) is 9.43. The molecule has 0 aliphatic carbocycles. The van der Waals surface area contributed by atoms with Gasteiger partial charge in [0.05, 0.1) is 38.4 Å². The quantitative estimate of drug-likeness (QED) is 0.0999. The minimum absolute atomic E-state index is 0.0413. The molecule has 9 heteroatoms. The van der Waals surface area contributed by atoms with Gasteiger partial charge in [-0.3, -0.25) is 9.59 Å². The first-order chi connectivity index (χ1) is 25.4. The largest absolute Gasteiger partial charge is 0.455 e. The molecule has 1 aromatic heterocycles. The predicted molar refractivity (Wildman–Crippen MR) is 199 cm³/mol. The molecular weight excluding hydrogens is 656 g/mol. The van der Waals surface area contributed by atoms with E-state index in [1.54, 1.807) is 0 Å². The number of likely N-dealkylation sites (N-methyl/N-ethyl adjacent to an activating group) is 1. The summed E-state index contributed by atoms with van der Waals surface area (Å²) in [5.74, 6) is -0.430. The lowest BCUT2D eigenvalue weighted by atomic mass is 9.96. The zero-order valence-corrected chi connectivity index (χ0v) is 30.1. The van der Waals surface area contributed by atoms with E-state index in [0.717, 1.165) is 33.2 Å². The Morgan fingerprint density at radius 1 is 0.692 bits per heavy atom. The van der Waals surface area contributed by atoms with Crippen molar-refractivity contribution < 1.29 is 33.3 Å². The molecule has 272 valence electrons. The highest BCUT2D eigenvalue weighted by molar-refractivity contribution is 5.89. The van der Waals surface area contributed by atoms with E-state index >= 15 is 0 Å². The average molecular weight is 705 g/mol. The number of carbonyl (C=O) groups is 2. The molecular formula is C43H48N2O7. The van der Waals surface area contributed by atoms with E-state index in [2.05, 4.69) is 0 Å². The van der Waals surface area contributed by atoms with Crippen LogP contribution in [0, 0.1) is 0 Å². The Labute approximate surface area is 306 Å². The number of para-hydroxylation sites is 1. The molecule has 5 aromatic rings. The van der Waals surface area contributed by atoms with E-state index in [0.29, 0.717) is 19.7 Å². The van der Waals surface area contributed by atoms with Crippen molar-refractivity contribution in [2.75, 3.05) is 19.7 Å². The number of aromatic nitrogens is 1. The van der Waals surface area contributed by atoms with Gasteiger partial charge in [-0.2, -0.15) is 0 Å². The van der Waals surface area contributed by atoms with Crippen molar-refractivity contribution in [2.24, 2.45) is 0 Å². The molecule has 1 saturated heterocycles. The third kappa shape index (κ3) is 9.16. The highest BCUT2D eigenvalue weighted by Gasteiger charge is 2.50. The molecule has 52 heavy (non-hydrogen) atoms. The summed E-state index contributed by atoms with van der Waals surface area (Å²) >= 11 is 0. The molecule has 1 aliphatic rings. The van der Waals surface area contributed by atoms with Gasteiger partial charge in [0.15, 0.2) is 12.3 Å². The summed E-state index contributed by atoms with van der Waals surface area (Å²) in [5.41, 5.74) is 4.69. The van der Waals surface area contributed by atoms with Gasteiger partial charge in [-0.1, -0.05) is 109 Å². The van der Waals surface area contributed by atoms with Crippen LogP contribution < -0.4 is 0 Å². The van der Waals surface area contributed by atoms with Crippen molar-refractivity contribution in [3.63, 3.8) is 0 Å². The summed E-state index contributed by atoms with van der Waals surface area (Å²) in [5, 5.41) is 0.925. The highest BCUT2D eigenvalue weighted by Crippen LogP contribution is 2.38. The Hall–Kier alpha value is -4.80. The lowest BCUT2D eigenvalue weighted by molar-refractivity contribution is -0.282. The van der Waals surface area contributed by atoms with Crippen LogP contribution in [0.5, 0.6) is 0 Å². The molecule has 0 radical (unpaired) electrons. The van der Waals surface area contributed by atoms with Gasteiger partial charge in [0.2, 0.25) is 5.91 Å². The predicted octanol–water partition coefficient (Wildman–Crippen LogP) is 7.27. The fraction of sp³-hybridized carbons (Fsp3) is 0.349. The van der Waals surface area contributed by atoms with Gasteiger partial charge in [-0.05, 0) is 42.2 Å². The maximum Gasteiger partial charge on any atom is 0.303 e. The minimum atomic E-state index is -0.908. The summed E-state index contributed by atoms with van der Waals surface area (Å²) in [4.78, 5) is 28.1. The van der Waals surface area contributed by atoms with Crippen molar-refractivity contribution >= 4 is 22.8 Å². The zero-order chi connectivity index (χ0) is 36.3. The lowest BCUT2D eigenvalue weighted by Gasteiger charge is -2.46. The van der Waals surface area contributed by atoms with Crippen LogP contribution in [0.25, 0.3) is 10.9 Å². The van der Waals surface area contributed by atoms with Crippen LogP contribution in [0.4, 0.5) is 0 Å². The molecule has 2 heterocycles. The molecule has 0 unspecified atom stereocenters. The number of amides is 1. The van der Waals surface area contributed by atoms with Gasteiger partial charge < -0.3 is 33.2 Å². The lowest BCUT2D eigenvalue weighted by Crippen LogP contribution is -2.59. The maximum absolute atomic E-state index is 13.4. The van der Waals surface area contributed by atoms with Crippen LogP contribution in [0.15, 0.2) is 121 Å². The van der Waals surface area contributed by atoms with Crippen LogP contribution in [0.2, 0.25) is 0 Å². The summed E-state index contributed by atoms with van der Waals surface area (Å²) in [6, 6.07) is 37.7. The molecule has 5 atom stereocenters. The standard InChI is InChI=1S/C43H48N2O7/c1-4-44(5-2)39(47)25-35-26-45(37-24-16-15-23-36(35)37)43-42(51-31(3)46)41(50-29-34-21-13-8-14-22-34)40(49-28-33-19-11-7-12-20-33)38(52-43)30-48-27-32-17-9-6-10-18-32/h6-24,26,38,40-43H,4-5,25,27-30H2,1-3H3/t38-,40+,41+,42-,43-/m1/s1. The van der Waals surface area contributed by atoms with E-state index in [4.69, 9.17) is 23.7 Å². The number of ether oxygens (including phenoxy) is 5. The SMILES string of the molecule is CCN(CC)C(=O)Cc1cn([C@@H]2O[C@H](COCc3ccccc3)[C@H](OCc3ccccc3)[C@H](OCc3ccccc3)[C@H]2OC(C)=O)c2ccccc12. The van der Waals surface area contributed by atoms with Gasteiger partial charge in [0.1, 0.15) is 18.3 Å². The normalized spacial score (nSPS) is 20.1. The number of hydrogen-bond donors (Lipinski definition) is 0. The molecule has 0 spiro atoms. The van der Waals surface area contributed by atoms with Gasteiger partial charge in [-0.25, -0.2) is 0 Å². The van der Waals surface area contributed by atoms with Crippen LogP contribution in [-0.4, -0.2) is 65.5 Å².